The average Bonchev–Trinajstić information content (AvgIpc) is 2.93. The molecule has 3 aromatic rings. The van der Waals surface area contributed by atoms with Crippen molar-refractivity contribution in [3.8, 4) is 11.5 Å². The van der Waals surface area contributed by atoms with Crippen molar-refractivity contribution in [3.05, 3.63) is 87.7 Å². The van der Waals surface area contributed by atoms with Gasteiger partial charge in [-0.25, -0.2) is 9.82 Å². The Labute approximate surface area is 247 Å². The molecule has 41 heavy (non-hydrogen) atoms. The minimum atomic E-state index is -0.876. The van der Waals surface area contributed by atoms with E-state index in [2.05, 4.69) is 21.2 Å². The van der Waals surface area contributed by atoms with E-state index >= 15 is 0 Å². The highest BCUT2D eigenvalue weighted by molar-refractivity contribution is 6.42. The second-order valence-electron chi connectivity index (χ2n) is 9.01. The molecule has 0 bridgehead atoms. The lowest BCUT2D eigenvalue weighted by Crippen LogP contribution is -2.48. The van der Waals surface area contributed by atoms with Gasteiger partial charge in [-0.15, -0.1) is 0 Å². The second kappa shape index (κ2) is 15.0. The van der Waals surface area contributed by atoms with E-state index in [4.69, 9.17) is 32.7 Å². The molecule has 0 fully saturated rings. The molecular formula is C29H29Cl2FN4O5. The number of ether oxygens (including phenoxy) is 2. The number of anilines is 1. The molecule has 0 aromatic heterocycles. The number of amides is 3. The monoisotopic (exact) mass is 602 g/mol. The highest BCUT2D eigenvalue weighted by Gasteiger charge is 2.25. The number of halogens is 3. The van der Waals surface area contributed by atoms with E-state index in [9.17, 15) is 18.8 Å². The van der Waals surface area contributed by atoms with Crippen LogP contribution in [0.5, 0.6) is 11.5 Å². The number of nitrogens with zero attached hydrogens (tertiary/aromatic N) is 1. The Balaban J connectivity index is 1.61. The van der Waals surface area contributed by atoms with Crippen molar-refractivity contribution in [1.82, 2.24) is 10.7 Å². The van der Waals surface area contributed by atoms with Crippen LogP contribution in [0.1, 0.15) is 36.7 Å². The van der Waals surface area contributed by atoms with Crippen LogP contribution in [0.15, 0.2) is 65.8 Å². The van der Waals surface area contributed by atoms with Crippen molar-refractivity contribution >= 4 is 52.8 Å². The first-order chi connectivity index (χ1) is 19.6. The van der Waals surface area contributed by atoms with Gasteiger partial charge in [0.15, 0.2) is 18.1 Å². The molecule has 0 heterocycles. The van der Waals surface area contributed by atoms with Gasteiger partial charge in [-0.1, -0.05) is 49.2 Å². The molecule has 12 heteroatoms. The lowest BCUT2D eigenvalue weighted by atomic mass is 10.0. The lowest BCUT2D eigenvalue weighted by Gasteiger charge is -2.20. The molecule has 9 nitrogen and oxygen atoms in total. The van der Waals surface area contributed by atoms with Crippen LogP contribution in [-0.4, -0.2) is 43.2 Å². The number of carbonyl (C=O) groups is 3. The van der Waals surface area contributed by atoms with E-state index < -0.39 is 29.6 Å². The fraction of sp³-hybridized carbons (Fsp3) is 0.241. The molecule has 1 unspecified atom stereocenters. The third-order valence-electron chi connectivity index (χ3n) is 5.58. The van der Waals surface area contributed by atoms with Crippen molar-refractivity contribution < 1.29 is 28.2 Å². The Kier molecular flexibility index (Phi) is 11.5. The molecule has 0 radical (unpaired) electrons. The number of hydrazone groups is 1. The number of carbonyl (C=O) groups excluding carboxylic acids is 3. The molecule has 3 amide bonds. The summed E-state index contributed by atoms with van der Waals surface area (Å²) in [5.41, 5.74) is 3.31. The van der Waals surface area contributed by atoms with E-state index in [0.29, 0.717) is 28.7 Å². The van der Waals surface area contributed by atoms with Crippen LogP contribution in [0, 0.1) is 11.7 Å². The zero-order chi connectivity index (χ0) is 29.9. The minimum absolute atomic E-state index is 0.0494. The Morgan fingerprint density at radius 1 is 0.976 bits per heavy atom. The van der Waals surface area contributed by atoms with Crippen LogP contribution in [0.3, 0.4) is 0 Å². The molecular weight excluding hydrogens is 574 g/mol. The first-order valence-electron chi connectivity index (χ1n) is 12.6. The van der Waals surface area contributed by atoms with Gasteiger partial charge in [-0.3, -0.25) is 14.4 Å². The smallest absolute Gasteiger partial charge is 0.262 e. The molecule has 0 aliphatic carbocycles. The SMILES string of the molecule is CCOc1cc(C=NNC(=O)C(NC(=O)c2ccc(Cl)c(Cl)c2)C(C)C)ccc1OCC(=O)Nc1ccccc1F. The van der Waals surface area contributed by atoms with E-state index in [1.807, 2.05) is 0 Å². The maximum atomic E-state index is 13.8. The maximum absolute atomic E-state index is 13.8. The van der Waals surface area contributed by atoms with E-state index in [0.717, 1.165) is 0 Å². The summed E-state index contributed by atoms with van der Waals surface area (Å²) in [6, 6.07) is 14.2. The molecule has 3 rings (SSSR count). The third-order valence-corrected chi connectivity index (χ3v) is 6.32. The number of benzene rings is 3. The van der Waals surface area contributed by atoms with Gasteiger partial charge in [0.1, 0.15) is 11.9 Å². The summed E-state index contributed by atoms with van der Waals surface area (Å²) in [5.74, 6) is -1.71. The molecule has 0 saturated carbocycles. The summed E-state index contributed by atoms with van der Waals surface area (Å²) >= 11 is 11.9. The Morgan fingerprint density at radius 3 is 2.41 bits per heavy atom. The lowest BCUT2D eigenvalue weighted by molar-refractivity contribution is -0.124. The Hall–Kier alpha value is -4.15. The highest BCUT2D eigenvalue weighted by atomic mass is 35.5. The standard InChI is InChI=1S/C29H29Cl2FN4O5/c1-4-40-25-13-18(9-12-24(25)41-16-26(37)34-23-8-6-5-7-22(23)32)15-33-36-29(39)27(17(2)3)35-28(38)19-10-11-20(30)21(31)14-19/h5-15,17,27H,4,16H2,1-3H3,(H,34,37)(H,35,38)(H,36,39). The van der Waals surface area contributed by atoms with Crippen LogP contribution >= 0.6 is 23.2 Å². The second-order valence-corrected chi connectivity index (χ2v) is 9.83. The van der Waals surface area contributed by atoms with E-state index in [1.165, 1.54) is 42.6 Å². The highest BCUT2D eigenvalue weighted by Crippen LogP contribution is 2.28. The molecule has 3 aromatic carbocycles. The van der Waals surface area contributed by atoms with Gasteiger partial charge in [0.2, 0.25) is 0 Å². The van der Waals surface area contributed by atoms with Crippen molar-refractivity contribution in [2.24, 2.45) is 11.0 Å². The normalized spacial score (nSPS) is 11.7. The first kappa shape index (κ1) is 31.4. The van der Waals surface area contributed by atoms with Crippen LogP contribution in [-0.2, 0) is 9.59 Å². The van der Waals surface area contributed by atoms with Gasteiger partial charge < -0.3 is 20.1 Å². The van der Waals surface area contributed by atoms with Crippen LogP contribution in [0.4, 0.5) is 10.1 Å². The molecule has 0 saturated heterocycles. The number of para-hydroxylation sites is 1. The van der Waals surface area contributed by atoms with E-state index in [1.54, 1.807) is 45.0 Å². The number of hydrogen-bond acceptors (Lipinski definition) is 6. The van der Waals surface area contributed by atoms with Gasteiger partial charge in [-0.05, 0) is 66.9 Å². The van der Waals surface area contributed by atoms with Gasteiger partial charge in [0, 0.05) is 5.56 Å². The fourth-order valence-electron chi connectivity index (χ4n) is 3.52. The van der Waals surface area contributed by atoms with Crippen LogP contribution < -0.4 is 25.5 Å². The quantitative estimate of drug-likeness (QED) is 0.188. The molecule has 216 valence electrons. The molecule has 3 N–H and O–H groups in total. The van der Waals surface area contributed by atoms with Crippen molar-refractivity contribution in [1.29, 1.82) is 0 Å². The molecule has 0 spiro atoms. The fourth-order valence-corrected chi connectivity index (χ4v) is 3.82. The van der Waals surface area contributed by atoms with Crippen molar-refractivity contribution in [2.45, 2.75) is 26.8 Å². The predicted octanol–water partition coefficient (Wildman–Crippen LogP) is 5.45. The minimum Gasteiger partial charge on any atom is -0.490 e. The Bertz CT molecular complexity index is 1430. The third kappa shape index (κ3) is 9.19. The summed E-state index contributed by atoms with van der Waals surface area (Å²) in [6.07, 6.45) is 1.40. The van der Waals surface area contributed by atoms with Crippen molar-refractivity contribution in [3.63, 3.8) is 0 Å². The summed E-state index contributed by atoms with van der Waals surface area (Å²) in [6.45, 7) is 5.31. The first-order valence-corrected chi connectivity index (χ1v) is 13.4. The topological polar surface area (TPSA) is 118 Å². The van der Waals surface area contributed by atoms with Gasteiger partial charge in [0.05, 0.1) is 28.6 Å². The van der Waals surface area contributed by atoms with Crippen LogP contribution in [0.2, 0.25) is 10.0 Å². The molecule has 0 aliphatic heterocycles. The van der Waals surface area contributed by atoms with Gasteiger partial charge in [-0.2, -0.15) is 5.10 Å². The van der Waals surface area contributed by atoms with Crippen LogP contribution in [0.25, 0.3) is 0 Å². The number of hydrogen-bond donors (Lipinski definition) is 3. The average molecular weight is 603 g/mol. The molecule has 0 aliphatic rings. The summed E-state index contributed by atoms with van der Waals surface area (Å²) in [5, 5.41) is 9.67. The largest absolute Gasteiger partial charge is 0.490 e. The van der Waals surface area contributed by atoms with Gasteiger partial charge in [0.25, 0.3) is 17.7 Å². The predicted molar refractivity (Wildman–Crippen MR) is 156 cm³/mol. The molecule has 1 atom stereocenters. The maximum Gasteiger partial charge on any atom is 0.262 e. The summed E-state index contributed by atoms with van der Waals surface area (Å²) in [4.78, 5) is 37.7. The zero-order valence-corrected chi connectivity index (χ0v) is 24.1. The number of nitrogens with one attached hydrogen (secondary N) is 3. The van der Waals surface area contributed by atoms with Crippen molar-refractivity contribution in [2.75, 3.05) is 18.5 Å². The van der Waals surface area contributed by atoms with Gasteiger partial charge >= 0.3 is 0 Å². The number of rotatable bonds is 12. The summed E-state index contributed by atoms with van der Waals surface area (Å²) < 4.78 is 25.0. The Morgan fingerprint density at radius 2 is 1.73 bits per heavy atom. The van der Waals surface area contributed by atoms with E-state index in [-0.39, 0.29) is 28.8 Å². The zero-order valence-electron chi connectivity index (χ0n) is 22.5. The summed E-state index contributed by atoms with van der Waals surface area (Å²) in [7, 11) is 0.